The molecule has 0 fully saturated rings. The number of nitrogens with zero attached hydrogens (tertiary/aromatic N) is 2. The first-order valence-corrected chi connectivity index (χ1v) is 15.7. The number of benzene rings is 7. The molecule has 0 spiro atoms. The second-order valence-corrected chi connectivity index (χ2v) is 11.9. The Morgan fingerprint density at radius 2 is 0.958 bits per heavy atom. The van der Waals surface area contributed by atoms with E-state index in [1.807, 2.05) is 72.8 Å². The van der Waals surface area contributed by atoms with E-state index in [-0.39, 0.29) is 0 Å². The number of furan rings is 2. The topological polar surface area (TPSA) is 73.9 Å². The number of para-hydroxylation sites is 1. The molecule has 0 radical (unpaired) electrons. The predicted molar refractivity (Wildman–Crippen MR) is 192 cm³/mol. The molecule has 9 rings (SSSR count). The van der Waals surface area contributed by atoms with Gasteiger partial charge in [-0.15, -0.1) is 0 Å². The third-order valence-corrected chi connectivity index (χ3v) is 9.13. The molecule has 48 heavy (non-hydrogen) atoms. The van der Waals surface area contributed by atoms with Gasteiger partial charge in [0.05, 0.1) is 23.3 Å². The highest BCUT2D eigenvalue weighted by molar-refractivity contribution is 6.08. The van der Waals surface area contributed by atoms with E-state index in [0.29, 0.717) is 11.1 Å². The van der Waals surface area contributed by atoms with Crippen molar-refractivity contribution in [3.8, 4) is 56.6 Å². The second-order valence-electron chi connectivity index (χ2n) is 11.9. The van der Waals surface area contributed by atoms with Gasteiger partial charge < -0.3 is 8.83 Å². The minimum atomic E-state index is 0.587. The molecule has 9 aromatic rings. The molecule has 0 amide bonds. The van der Waals surface area contributed by atoms with Gasteiger partial charge >= 0.3 is 0 Å². The van der Waals surface area contributed by atoms with Gasteiger partial charge in [0.2, 0.25) is 0 Å². The van der Waals surface area contributed by atoms with Gasteiger partial charge in [-0.1, -0.05) is 72.8 Å². The molecule has 0 aliphatic rings. The lowest BCUT2D eigenvalue weighted by molar-refractivity contribution is 0.668. The molecule has 2 aromatic heterocycles. The highest BCUT2D eigenvalue weighted by Gasteiger charge is 2.17. The molecule has 0 saturated carbocycles. The molecule has 0 N–H and O–H groups in total. The molecule has 0 aliphatic heterocycles. The summed E-state index contributed by atoms with van der Waals surface area (Å²) in [7, 11) is 0. The maximum absolute atomic E-state index is 10.4. The van der Waals surface area contributed by atoms with Crippen molar-refractivity contribution in [2.75, 3.05) is 0 Å². The zero-order valence-electron chi connectivity index (χ0n) is 25.6. The first-order valence-electron chi connectivity index (χ1n) is 15.7. The molecule has 222 valence electrons. The Bertz CT molecular complexity index is 2810. The van der Waals surface area contributed by atoms with Crippen LogP contribution in [0.2, 0.25) is 0 Å². The van der Waals surface area contributed by atoms with Crippen LogP contribution in [0.3, 0.4) is 0 Å². The van der Waals surface area contributed by atoms with Crippen LogP contribution in [0.25, 0.3) is 88.4 Å². The van der Waals surface area contributed by atoms with E-state index in [1.165, 1.54) is 0 Å². The molecular formula is C44H24N2O2. The first-order chi connectivity index (χ1) is 23.7. The van der Waals surface area contributed by atoms with Crippen LogP contribution in [0, 0.1) is 22.7 Å². The Morgan fingerprint density at radius 3 is 1.65 bits per heavy atom. The van der Waals surface area contributed by atoms with Gasteiger partial charge in [0.1, 0.15) is 22.3 Å². The summed E-state index contributed by atoms with van der Waals surface area (Å²) in [5.41, 5.74) is 12.3. The van der Waals surface area contributed by atoms with E-state index in [9.17, 15) is 10.5 Å². The summed E-state index contributed by atoms with van der Waals surface area (Å²) >= 11 is 0. The average molecular weight is 613 g/mol. The van der Waals surface area contributed by atoms with E-state index >= 15 is 0 Å². The van der Waals surface area contributed by atoms with Crippen LogP contribution < -0.4 is 0 Å². The minimum absolute atomic E-state index is 0.587. The van der Waals surface area contributed by atoms with Crippen molar-refractivity contribution in [1.29, 1.82) is 10.5 Å². The average Bonchev–Trinajstić information content (AvgIpc) is 3.71. The summed E-state index contributed by atoms with van der Waals surface area (Å²) in [6.07, 6.45) is 0. The van der Waals surface area contributed by atoms with Crippen molar-refractivity contribution in [3.63, 3.8) is 0 Å². The molecule has 0 unspecified atom stereocenters. The van der Waals surface area contributed by atoms with Crippen molar-refractivity contribution in [3.05, 3.63) is 157 Å². The van der Waals surface area contributed by atoms with Gasteiger partial charge in [-0.25, -0.2) is 0 Å². The van der Waals surface area contributed by atoms with Crippen molar-refractivity contribution >= 4 is 43.9 Å². The van der Waals surface area contributed by atoms with Crippen LogP contribution in [0.15, 0.2) is 154 Å². The maximum atomic E-state index is 10.4. The van der Waals surface area contributed by atoms with Crippen molar-refractivity contribution in [1.82, 2.24) is 0 Å². The summed E-state index contributed by atoms with van der Waals surface area (Å²) < 4.78 is 12.3. The van der Waals surface area contributed by atoms with Gasteiger partial charge in [-0.2, -0.15) is 10.5 Å². The Morgan fingerprint density at radius 1 is 0.375 bits per heavy atom. The Hall–Kier alpha value is -6.88. The summed E-state index contributed by atoms with van der Waals surface area (Å²) in [5.74, 6) is 0. The predicted octanol–water partition coefficient (Wildman–Crippen LogP) is 11.9. The highest BCUT2D eigenvalue weighted by Crippen LogP contribution is 2.41. The number of fused-ring (bicyclic) bond motifs is 6. The number of hydrogen-bond acceptors (Lipinski definition) is 4. The van der Waals surface area contributed by atoms with Crippen molar-refractivity contribution in [2.45, 2.75) is 0 Å². The molecule has 0 aliphatic carbocycles. The van der Waals surface area contributed by atoms with Crippen molar-refractivity contribution in [2.24, 2.45) is 0 Å². The number of nitriles is 2. The Kier molecular flexibility index (Phi) is 6.22. The van der Waals surface area contributed by atoms with Gasteiger partial charge in [0, 0.05) is 27.1 Å². The fourth-order valence-corrected chi connectivity index (χ4v) is 6.85. The standard InChI is InChI=1S/C44H24N2O2/c45-25-27-13-16-41-37(19-27)39-24-30(15-18-43(39)48-41)33-20-32(29-14-17-42-38(23-29)36-10-4-5-12-40(36)47-42)21-34(22-33)44-31(26-46)9-6-11-35(44)28-7-2-1-3-8-28/h1-24H. The lowest BCUT2D eigenvalue weighted by atomic mass is 9.87. The molecule has 0 saturated heterocycles. The zero-order valence-corrected chi connectivity index (χ0v) is 25.6. The van der Waals surface area contributed by atoms with Crippen LogP contribution in [-0.4, -0.2) is 0 Å². The summed E-state index contributed by atoms with van der Waals surface area (Å²) in [4.78, 5) is 0. The van der Waals surface area contributed by atoms with Crippen LogP contribution in [0.4, 0.5) is 0 Å². The molecule has 2 heterocycles. The fourth-order valence-electron chi connectivity index (χ4n) is 6.85. The largest absolute Gasteiger partial charge is 0.456 e. The zero-order chi connectivity index (χ0) is 32.2. The molecule has 0 bridgehead atoms. The maximum Gasteiger partial charge on any atom is 0.135 e. The van der Waals surface area contributed by atoms with Gasteiger partial charge in [-0.05, 0) is 112 Å². The fraction of sp³-hybridized carbons (Fsp3) is 0. The monoisotopic (exact) mass is 612 g/mol. The SMILES string of the molecule is N#Cc1ccc2oc3ccc(-c4cc(-c5ccc6oc7ccccc7c6c5)cc(-c5c(C#N)cccc5-c5ccccc5)c4)cc3c2c1. The molecule has 0 atom stereocenters. The smallest absolute Gasteiger partial charge is 0.135 e. The minimum Gasteiger partial charge on any atom is -0.456 e. The van der Waals surface area contributed by atoms with E-state index < -0.39 is 0 Å². The van der Waals surface area contributed by atoms with Gasteiger partial charge in [0.15, 0.2) is 0 Å². The lowest BCUT2D eigenvalue weighted by Crippen LogP contribution is -1.92. The van der Waals surface area contributed by atoms with E-state index in [0.717, 1.165) is 88.4 Å². The van der Waals surface area contributed by atoms with E-state index in [4.69, 9.17) is 8.83 Å². The summed E-state index contributed by atoms with van der Waals surface area (Å²) in [6.45, 7) is 0. The third-order valence-electron chi connectivity index (χ3n) is 9.13. The Balaban J connectivity index is 1.31. The lowest BCUT2D eigenvalue weighted by Gasteiger charge is -2.16. The van der Waals surface area contributed by atoms with Gasteiger partial charge in [-0.3, -0.25) is 0 Å². The highest BCUT2D eigenvalue weighted by atomic mass is 16.3. The summed E-state index contributed by atoms with van der Waals surface area (Å²) in [5, 5.41) is 23.9. The molecule has 4 nitrogen and oxygen atoms in total. The van der Waals surface area contributed by atoms with Crippen LogP contribution in [0.1, 0.15) is 11.1 Å². The van der Waals surface area contributed by atoms with Crippen LogP contribution >= 0.6 is 0 Å². The van der Waals surface area contributed by atoms with E-state index in [1.54, 1.807) is 6.07 Å². The van der Waals surface area contributed by atoms with E-state index in [2.05, 4.69) is 78.9 Å². The number of hydrogen-bond donors (Lipinski definition) is 0. The second kappa shape index (κ2) is 10.9. The van der Waals surface area contributed by atoms with Crippen molar-refractivity contribution < 1.29 is 8.83 Å². The molecular weight excluding hydrogens is 588 g/mol. The number of rotatable bonds is 4. The third kappa shape index (κ3) is 4.44. The normalized spacial score (nSPS) is 11.3. The van der Waals surface area contributed by atoms with Gasteiger partial charge in [0.25, 0.3) is 0 Å². The summed E-state index contributed by atoms with van der Waals surface area (Å²) in [6, 6.07) is 53.5. The van der Waals surface area contributed by atoms with Crippen LogP contribution in [-0.2, 0) is 0 Å². The quantitative estimate of drug-likeness (QED) is 0.198. The first kappa shape index (κ1) is 27.4. The molecule has 4 heteroatoms. The molecule has 7 aromatic carbocycles. The van der Waals surface area contributed by atoms with Crippen LogP contribution in [0.5, 0.6) is 0 Å². The Labute approximate surface area is 275 Å².